The van der Waals surface area contributed by atoms with Crippen molar-refractivity contribution in [3.05, 3.63) is 54.1 Å². The van der Waals surface area contributed by atoms with Gasteiger partial charge in [-0.2, -0.15) is 0 Å². The van der Waals surface area contributed by atoms with Crippen molar-refractivity contribution >= 4 is 42.7 Å². The molecule has 1 N–H and O–H groups in total. The van der Waals surface area contributed by atoms with Gasteiger partial charge in [0.15, 0.2) is 5.13 Å². The summed E-state index contributed by atoms with van der Waals surface area (Å²) in [5, 5.41) is 0.242. The van der Waals surface area contributed by atoms with E-state index in [1.165, 1.54) is 19.2 Å². The Bertz CT molecular complexity index is 966. The Labute approximate surface area is 136 Å². The van der Waals surface area contributed by atoms with E-state index >= 15 is 0 Å². The number of ether oxygens (including phenoxy) is 1. The largest absolute Gasteiger partial charge is 0.465 e. The minimum atomic E-state index is -3.69. The first-order chi connectivity index (χ1) is 11.0. The van der Waals surface area contributed by atoms with E-state index in [1.807, 2.05) is 0 Å². The molecular weight excluding hydrogens is 336 g/mol. The molecule has 0 unspecified atom stereocenters. The molecule has 1 heterocycles. The molecule has 0 bridgehead atoms. The minimum absolute atomic E-state index is 0.162. The fourth-order valence-electron chi connectivity index (χ4n) is 1.99. The molecule has 0 aliphatic heterocycles. The fraction of sp³-hybridized carbons (Fsp3) is 0.0667. The molecule has 0 aliphatic rings. The van der Waals surface area contributed by atoms with E-state index in [9.17, 15) is 13.2 Å². The van der Waals surface area contributed by atoms with Crippen LogP contribution < -0.4 is 4.72 Å². The molecule has 0 atom stereocenters. The predicted octanol–water partition coefficient (Wildman–Crippen LogP) is 2.88. The van der Waals surface area contributed by atoms with Gasteiger partial charge in [-0.3, -0.25) is 4.72 Å². The number of esters is 1. The second-order valence-corrected chi connectivity index (χ2v) is 7.32. The van der Waals surface area contributed by atoms with Crippen LogP contribution in [-0.2, 0) is 14.8 Å². The number of hydrogen-bond donors (Lipinski definition) is 1. The van der Waals surface area contributed by atoms with Crippen LogP contribution >= 0.6 is 11.3 Å². The Kier molecular flexibility index (Phi) is 4.01. The van der Waals surface area contributed by atoms with Crippen LogP contribution in [0.3, 0.4) is 0 Å². The van der Waals surface area contributed by atoms with Crippen LogP contribution in [0.1, 0.15) is 10.4 Å². The van der Waals surface area contributed by atoms with Crippen LogP contribution in [0.25, 0.3) is 10.2 Å². The van der Waals surface area contributed by atoms with Crippen molar-refractivity contribution in [3.8, 4) is 0 Å². The van der Waals surface area contributed by atoms with Gasteiger partial charge in [-0.15, -0.1) is 0 Å². The number of nitrogens with one attached hydrogen (secondary N) is 1. The van der Waals surface area contributed by atoms with E-state index in [0.29, 0.717) is 15.8 Å². The zero-order chi connectivity index (χ0) is 16.4. The zero-order valence-electron chi connectivity index (χ0n) is 12.0. The van der Waals surface area contributed by atoms with E-state index in [2.05, 4.69) is 14.4 Å². The molecular formula is C15H12N2O4S2. The Morgan fingerprint density at radius 2 is 1.91 bits per heavy atom. The molecule has 1 aromatic heterocycles. The molecule has 3 aromatic rings. The highest BCUT2D eigenvalue weighted by Crippen LogP contribution is 2.28. The lowest BCUT2D eigenvalue weighted by molar-refractivity contribution is 0.0601. The van der Waals surface area contributed by atoms with Crippen molar-refractivity contribution in [3.63, 3.8) is 0 Å². The van der Waals surface area contributed by atoms with Crippen LogP contribution in [0.2, 0.25) is 0 Å². The normalized spacial score (nSPS) is 11.3. The highest BCUT2D eigenvalue weighted by atomic mass is 32.2. The quantitative estimate of drug-likeness (QED) is 0.733. The van der Waals surface area contributed by atoms with Gasteiger partial charge in [0.25, 0.3) is 10.0 Å². The van der Waals surface area contributed by atoms with Gasteiger partial charge < -0.3 is 4.74 Å². The SMILES string of the molecule is COC(=O)c1ccc2nc(NS(=O)(=O)c3ccccc3)sc2c1. The lowest BCUT2D eigenvalue weighted by Crippen LogP contribution is -2.12. The van der Waals surface area contributed by atoms with Gasteiger partial charge in [0.2, 0.25) is 0 Å². The number of thiazole rings is 1. The third kappa shape index (κ3) is 3.17. The standard InChI is InChI=1S/C15H12N2O4S2/c1-21-14(18)10-7-8-12-13(9-10)22-15(16-12)17-23(19,20)11-5-3-2-4-6-11/h2-9H,1H3,(H,16,17). The van der Waals surface area contributed by atoms with E-state index in [1.54, 1.807) is 36.4 Å². The first-order valence-corrected chi connectivity index (χ1v) is 8.86. The monoisotopic (exact) mass is 348 g/mol. The maximum absolute atomic E-state index is 12.3. The Morgan fingerprint density at radius 1 is 1.17 bits per heavy atom. The van der Waals surface area contributed by atoms with Crippen molar-refractivity contribution < 1.29 is 17.9 Å². The van der Waals surface area contributed by atoms with Gasteiger partial charge in [0.05, 0.1) is 27.8 Å². The summed E-state index contributed by atoms with van der Waals surface area (Å²) >= 11 is 1.15. The van der Waals surface area contributed by atoms with E-state index in [-0.39, 0.29) is 10.0 Å². The highest BCUT2D eigenvalue weighted by molar-refractivity contribution is 7.93. The third-order valence-electron chi connectivity index (χ3n) is 3.08. The van der Waals surface area contributed by atoms with Crippen LogP contribution in [0.5, 0.6) is 0 Å². The summed E-state index contributed by atoms with van der Waals surface area (Å²) < 4.78 is 32.4. The lowest BCUT2D eigenvalue weighted by Gasteiger charge is -2.03. The average molecular weight is 348 g/mol. The molecule has 3 rings (SSSR count). The Hall–Kier alpha value is -2.45. The summed E-state index contributed by atoms with van der Waals surface area (Å²) in [4.78, 5) is 15.9. The number of rotatable bonds is 4. The topological polar surface area (TPSA) is 85.4 Å². The highest BCUT2D eigenvalue weighted by Gasteiger charge is 2.16. The number of methoxy groups -OCH3 is 1. The Balaban J connectivity index is 1.94. The van der Waals surface area contributed by atoms with E-state index in [0.717, 1.165) is 11.3 Å². The summed E-state index contributed by atoms with van der Waals surface area (Å²) in [6.07, 6.45) is 0. The van der Waals surface area contributed by atoms with Gasteiger partial charge in [-0.1, -0.05) is 29.5 Å². The summed E-state index contributed by atoms with van der Waals surface area (Å²) in [5.41, 5.74) is 0.995. The number of carbonyl (C=O) groups is 1. The minimum Gasteiger partial charge on any atom is -0.465 e. The maximum atomic E-state index is 12.3. The molecule has 0 spiro atoms. The third-order valence-corrected chi connectivity index (χ3v) is 5.50. The Morgan fingerprint density at radius 3 is 2.61 bits per heavy atom. The number of anilines is 1. The molecule has 0 saturated carbocycles. The predicted molar refractivity (Wildman–Crippen MR) is 88.2 cm³/mol. The van der Waals surface area contributed by atoms with Gasteiger partial charge in [0.1, 0.15) is 0 Å². The first kappa shape index (κ1) is 15.4. The molecule has 0 aliphatic carbocycles. The number of sulfonamides is 1. The number of fused-ring (bicyclic) bond motifs is 1. The number of benzene rings is 2. The van der Waals surface area contributed by atoms with Crippen LogP contribution in [-0.4, -0.2) is 26.5 Å². The van der Waals surface area contributed by atoms with E-state index in [4.69, 9.17) is 0 Å². The molecule has 118 valence electrons. The van der Waals surface area contributed by atoms with Gasteiger partial charge in [-0.05, 0) is 30.3 Å². The van der Waals surface area contributed by atoms with Crippen LogP contribution in [0.15, 0.2) is 53.4 Å². The van der Waals surface area contributed by atoms with Crippen molar-refractivity contribution in [2.45, 2.75) is 4.90 Å². The van der Waals surface area contributed by atoms with Gasteiger partial charge >= 0.3 is 5.97 Å². The number of nitrogens with zero attached hydrogens (tertiary/aromatic N) is 1. The molecule has 0 saturated heterocycles. The summed E-state index contributed by atoms with van der Waals surface area (Å²) in [6, 6.07) is 12.9. The molecule has 0 fully saturated rings. The summed E-state index contributed by atoms with van der Waals surface area (Å²) in [6.45, 7) is 0. The first-order valence-electron chi connectivity index (χ1n) is 6.56. The second kappa shape index (κ2) is 5.98. The number of hydrogen-bond acceptors (Lipinski definition) is 6. The number of aromatic nitrogens is 1. The van der Waals surface area contributed by atoms with Crippen molar-refractivity contribution in [1.82, 2.24) is 4.98 Å². The van der Waals surface area contributed by atoms with Crippen molar-refractivity contribution in [1.29, 1.82) is 0 Å². The number of carbonyl (C=O) groups excluding carboxylic acids is 1. The molecule has 0 radical (unpaired) electrons. The average Bonchev–Trinajstić information content (AvgIpc) is 2.95. The fourth-order valence-corrected chi connectivity index (χ4v) is 4.15. The smallest absolute Gasteiger partial charge is 0.337 e. The molecule has 2 aromatic carbocycles. The van der Waals surface area contributed by atoms with Gasteiger partial charge in [0, 0.05) is 0 Å². The molecule has 6 nitrogen and oxygen atoms in total. The van der Waals surface area contributed by atoms with Gasteiger partial charge in [-0.25, -0.2) is 18.2 Å². The second-order valence-electron chi connectivity index (χ2n) is 4.61. The van der Waals surface area contributed by atoms with Crippen LogP contribution in [0.4, 0.5) is 5.13 Å². The molecule has 23 heavy (non-hydrogen) atoms. The van der Waals surface area contributed by atoms with E-state index < -0.39 is 16.0 Å². The summed E-state index contributed by atoms with van der Waals surface area (Å²) in [7, 11) is -2.38. The van der Waals surface area contributed by atoms with Crippen molar-refractivity contribution in [2.24, 2.45) is 0 Å². The van der Waals surface area contributed by atoms with Crippen LogP contribution in [0, 0.1) is 0 Å². The lowest BCUT2D eigenvalue weighted by atomic mass is 10.2. The zero-order valence-corrected chi connectivity index (χ0v) is 13.6. The molecule has 8 heteroatoms. The van der Waals surface area contributed by atoms with Crippen molar-refractivity contribution in [2.75, 3.05) is 11.8 Å². The molecule has 0 amide bonds. The summed E-state index contributed by atoms with van der Waals surface area (Å²) in [5.74, 6) is -0.452. The maximum Gasteiger partial charge on any atom is 0.337 e.